The van der Waals surface area contributed by atoms with Crippen LogP contribution < -0.4 is 10.1 Å². The Kier molecular flexibility index (Phi) is 7.79. The average Bonchev–Trinajstić information content (AvgIpc) is 2.83. The van der Waals surface area contributed by atoms with E-state index in [1.807, 2.05) is 85.8 Å². The van der Waals surface area contributed by atoms with Gasteiger partial charge in [-0.05, 0) is 49.4 Å². The molecule has 0 saturated heterocycles. The normalized spacial score (nSPS) is 10.8. The van der Waals surface area contributed by atoms with Gasteiger partial charge in [0.25, 0.3) is 0 Å². The number of halogens is 2. The zero-order valence-electron chi connectivity index (χ0n) is 18.1. The number of hydrogen-bond donors (Lipinski definition) is 1. The van der Waals surface area contributed by atoms with E-state index in [9.17, 15) is 0 Å². The molecule has 0 unspecified atom stereocenters. The average molecular weight is 480 g/mol. The number of ether oxygens (including phenoxy) is 2. The highest BCUT2D eigenvalue weighted by Crippen LogP contribution is 2.28. The molecule has 0 aliphatic carbocycles. The second kappa shape index (κ2) is 11.1. The Hall–Kier alpha value is -3.12. The van der Waals surface area contributed by atoms with Gasteiger partial charge in [-0.3, -0.25) is 0 Å². The maximum atomic E-state index is 6.07. The molecule has 1 N–H and O–H groups in total. The lowest BCUT2D eigenvalue weighted by Gasteiger charge is -2.12. The van der Waals surface area contributed by atoms with Crippen LogP contribution in [0.1, 0.15) is 6.92 Å². The third kappa shape index (κ3) is 6.45. The minimum Gasteiger partial charge on any atom is -0.491 e. The topological polar surface area (TPSA) is 56.3 Å². The predicted octanol–water partition coefficient (Wildman–Crippen LogP) is 7.28. The molecule has 0 radical (unpaired) electrons. The number of nitrogens with zero attached hydrogens (tertiary/aromatic N) is 2. The minimum absolute atomic E-state index is 0.471. The molecule has 3 aromatic carbocycles. The van der Waals surface area contributed by atoms with E-state index in [4.69, 9.17) is 42.6 Å². The van der Waals surface area contributed by atoms with Crippen molar-refractivity contribution in [2.45, 2.75) is 6.92 Å². The Balaban J connectivity index is 1.64. The molecule has 0 spiro atoms. The van der Waals surface area contributed by atoms with Crippen molar-refractivity contribution >= 4 is 34.8 Å². The Morgan fingerprint density at radius 2 is 1.36 bits per heavy atom. The van der Waals surface area contributed by atoms with Crippen molar-refractivity contribution < 1.29 is 9.47 Å². The van der Waals surface area contributed by atoms with Gasteiger partial charge in [-0.25, -0.2) is 9.97 Å². The summed E-state index contributed by atoms with van der Waals surface area (Å²) in [5.41, 5.74) is 4.25. The van der Waals surface area contributed by atoms with E-state index in [0.717, 1.165) is 34.0 Å². The molecular weight excluding hydrogens is 457 g/mol. The van der Waals surface area contributed by atoms with Gasteiger partial charge in [-0.1, -0.05) is 53.5 Å². The smallest absolute Gasteiger partial charge is 0.228 e. The summed E-state index contributed by atoms with van der Waals surface area (Å²) in [6.45, 7) is 3.66. The first kappa shape index (κ1) is 23.1. The van der Waals surface area contributed by atoms with Gasteiger partial charge < -0.3 is 14.8 Å². The maximum absolute atomic E-state index is 6.07. The van der Waals surface area contributed by atoms with E-state index in [2.05, 4.69) is 5.32 Å². The summed E-state index contributed by atoms with van der Waals surface area (Å²) in [4.78, 5) is 9.47. The molecule has 0 amide bonds. The lowest BCUT2D eigenvalue weighted by Crippen LogP contribution is -2.06. The fraction of sp³-hybridized carbons (Fsp3) is 0.154. The summed E-state index contributed by atoms with van der Waals surface area (Å²) in [6.07, 6.45) is 0. The summed E-state index contributed by atoms with van der Waals surface area (Å²) >= 11 is 12.1. The number of aromatic nitrogens is 2. The second-order valence-electron chi connectivity index (χ2n) is 7.17. The maximum Gasteiger partial charge on any atom is 0.228 e. The lowest BCUT2D eigenvalue weighted by molar-refractivity contribution is 0.110. The fourth-order valence-electron chi connectivity index (χ4n) is 3.20. The first-order valence-electron chi connectivity index (χ1n) is 10.6. The summed E-state index contributed by atoms with van der Waals surface area (Å²) < 4.78 is 11.1. The second-order valence-corrected chi connectivity index (χ2v) is 8.05. The molecule has 4 aromatic rings. The highest BCUT2D eigenvalue weighted by Gasteiger charge is 2.10. The van der Waals surface area contributed by atoms with Crippen LogP contribution >= 0.6 is 23.2 Å². The number of benzene rings is 3. The van der Waals surface area contributed by atoms with Gasteiger partial charge in [0.1, 0.15) is 12.4 Å². The standard InChI is InChI=1S/C26H23Cl2N3O2/c1-2-32-14-15-33-23-5-3-4-22(16-23)29-26-30-24(18-6-10-20(27)11-7-18)17-25(31-26)19-8-12-21(28)13-9-19/h3-13,16-17H,2,14-15H2,1H3,(H,29,30,31). The van der Waals surface area contributed by atoms with Gasteiger partial charge in [0, 0.05) is 39.5 Å². The van der Waals surface area contributed by atoms with Gasteiger partial charge in [0.2, 0.25) is 5.95 Å². The Bertz CT molecular complexity index is 1140. The zero-order valence-corrected chi connectivity index (χ0v) is 19.6. The Morgan fingerprint density at radius 3 is 1.94 bits per heavy atom. The molecule has 0 saturated carbocycles. The highest BCUT2D eigenvalue weighted by atomic mass is 35.5. The van der Waals surface area contributed by atoms with E-state index in [1.165, 1.54) is 0 Å². The molecule has 33 heavy (non-hydrogen) atoms. The Labute approximate surface area is 203 Å². The van der Waals surface area contributed by atoms with E-state index in [-0.39, 0.29) is 0 Å². The highest BCUT2D eigenvalue weighted by molar-refractivity contribution is 6.30. The number of anilines is 2. The van der Waals surface area contributed by atoms with Gasteiger partial charge in [-0.15, -0.1) is 0 Å². The molecule has 4 rings (SSSR count). The molecule has 1 aromatic heterocycles. The monoisotopic (exact) mass is 479 g/mol. The molecule has 0 fully saturated rings. The van der Waals surface area contributed by atoms with E-state index < -0.39 is 0 Å². The zero-order chi connectivity index (χ0) is 23.0. The largest absolute Gasteiger partial charge is 0.491 e. The number of nitrogens with one attached hydrogen (secondary N) is 1. The molecular formula is C26H23Cl2N3O2. The van der Waals surface area contributed by atoms with Gasteiger partial charge in [-0.2, -0.15) is 0 Å². The third-order valence-corrected chi connectivity index (χ3v) is 5.30. The molecule has 5 nitrogen and oxygen atoms in total. The van der Waals surface area contributed by atoms with Crippen molar-refractivity contribution in [1.82, 2.24) is 9.97 Å². The number of rotatable bonds is 9. The van der Waals surface area contributed by atoms with Crippen LogP contribution in [0.4, 0.5) is 11.6 Å². The van der Waals surface area contributed by atoms with Gasteiger partial charge in [0.15, 0.2) is 0 Å². The van der Waals surface area contributed by atoms with Crippen LogP contribution in [0, 0.1) is 0 Å². The fourth-order valence-corrected chi connectivity index (χ4v) is 3.45. The summed E-state index contributed by atoms with van der Waals surface area (Å²) in [5.74, 6) is 1.21. The van der Waals surface area contributed by atoms with Crippen LogP contribution in [0.5, 0.6) is 5.75 Å². The molecule has 0 aliphatic heterocycles. The summed E-state index contributed by atoms with van der Waals surface area (Å²) in [6, 6.07) is 24.7. The third-order valence-electron chi connectivity index (χ3n) is 4.80. The predicted molar refractivity (Wildman–Crippen MR) is 135 cm³/mol. The number of hydrogen-bond acceptors (Lipinski definition) is 5. The first-order valence-corrected chi connectivity index (χ1v) is 11.3. The molecule has 7 heteroatoms. The van der Waals surface area contributed by atoms with Crippen molar-refractivity contribution in [1.29, 1.82) is 0 Å². The van der Waals surface area contributed by atoms with Crippen molar-refractivity contribution in [3.05, 3.63) is 88.9 Å². The molecule has 168 valence electrons. The minimum atomic E-state index is 0.471. The van der Waals surface area contributed by atoms with Crippen molar-refractivity contribution in [2.75, 3.05) is 25.1 Å². The quantitative estimate of drug-likeness (QED) is 0.255. The summed E-state index contributed by atoms with van der Waals surface area (Å²) in [7, 11) is 0. The molecule has 0 atom stereocenters. The Morgan fingerprint density at radius 1 is 0.758 bits per heavy atom. The van der Waals surface area contributed by atoms with Crippen LogP contribution in [0.2, 0.25) is 10.0 Å². The van der Waals surface area contributed by atoms with Crippen molar-refractivity contribution in [2.24, 2.45) is 0 Å². The van der Waals surface area contributed by atoms with Gasteiger partial charge >= 0.3 is 0 Å². The lowest BCUT2D eigenvalue weighted by atomic mass is 10.1. The molecule has 0 bridgehead atoms. The first-order chi connectivity index (χ1) is 16.1. The van der Waals surface area contributed by atoms with E-state index >= 15 is 0 Å². The van der Waals surface area contributed by atoms with Crippen LogP contribution in [-0.2, 0) is 4.74 Å². The van der Waals surface area contributed by atoms with Crippen LogP contribution in [0.15, 0.2) is 78.9 Å². The van der Waals surface area contributed by atoms with E-state index in [1.54, 1.807) is 0 Å². The molecule has 0 aliphatic rings. The molecule has 1 heterocycles. The van der Waals surface area contributed by atoms with Crippen LogP contribution in [-0.4, -0.2) is 29.8 Å². The van der Waals surface area contributed by atoms with Crippen LogP contribution in [0.3, 0.4) is 0 Å². The van der Waals surface area contributed by atoms with Gasteiger partial charge in [0.05, 0.1) is 18.0 Å². The van der Waals surface area contributed by atoms with Crippen molar-refractivity contribution in [3.8, 4) is 28.3 Å². The summed E-state index contributed by atoms with van der Waals surface area (Å²) in [5, 5.41) is 4.65. The van der Waals surface area contributed by atoms with Crippen molar-refractivity contribution in [3.63, 3.8) is 0 Å². The SMILES string of the molecule is CCOCCOc1cccc(Nc2nc(-c3ccc(Cl)cc3)cc(-c3ccc(Cl)cc3)n2)c1. The van der Waals surface area contributed by atoms with E-state index in [0.29, 0.717) is 35.8 Å². The van der Waals surface area contributed by atoms with Crippen LogP contribution in [0.25, 0.3) is 22.5 Å².